The van der Waals surface area contributed by atoms with E-state index < -0.39 is 8.24 Å². The van der Waals surface area contributed by atoms with E-state index in [9.17, 15) is 0 Å². The van der Waals surface area contributed by atoms with Gasteiger partial charge in [0.05, 0.1) is 0 Å². The van der Waals surface area contributed by atoms with Gasteiger partial charge in [0.1, 0.15) is 0 Å². The van der Waals surface area contributed by atoms with Crippen molar-refractivity contribution in [2.45, 2.75) is 57.7 Å². The van der Waals surface area contributed by atoms with Gasteiger partial charge in [0, 0.05) is 19.8 Å². The van der Waals surface area contributed by atoms with Crippen molar-refractivity contribution < 1.29 is 27.2 Å². The second kappa shape index (κ2) is 10.4. The van der Waals surface area contributed by atoms with Crippen LogP contribution in [0, 0.1) is 5.92 Å². The van der Waals surface area contributed by atoms with E-state index in [1.165, 1.54) is 32.1 Å². The molecule has 19 heavy (non-hydrogen) atoms. The quantitative estimate of drug-likeness (QED) is 0.635. The summed E-state index contributed by atoms with van der Waals surface area (Å²) in [5.74, 6) is 1.65. The normalized spacial score (nSPS) is 23.7. The Bertz CT molecular complexity index is 218. The van der Waals surface area contributed by atoms with E-state index in [2.05, 4.69) is 25.0 Å². The summed E-state index contributed by atoms with van der Waals surface area (Å²) in [7, 11) is -1.43. The molecule has 2 aliphatic rings. The Morgan fingerprint density at radius 1 is 1.26 bits per heavy atom. The second-order valence-electron chi connectivity index (χ2n) is 5.87. The van der Waals surface area contributed by atoms with Crippen LogP contribution in [-0.4, -0.2) is 39.7 Å². The zero-order valence-electron chi connectivity index (χ0n) is 12.7. The van der Waals surface area contributed by atoms with Crippen molar-refractivity contribution in [2.24, 2.45) is 0 Å². The molecule has 1 atom stereocenters. The number of aliphatic hydroxyl groups is 1. The third kappa shape index (κ3) is 7.26. The molecular weight excluding hydrogens is 294 g/mol. The fourth-order valence-electron chi connectivity index (χ4n) is 2.92. The first-order valence-electron chi connectivity index (χ1n) is 7.27. The van der Waals surface area contributed by atoms with Crippen LogP contribution < -0.4 is 0 Å². The van der Waals surface area contributed by atoms with Gasteiger partial charge in [0.2, 0.25) is 0 Å². The van der Waals surface area contributed by atoms with Crippen LogP contribution in [0.3, 0.4) is 0 Å². The van der Waals surface area contributed by atoms with Crippen molar-refractivity contribution in [2.75, 3.05) is 26.4 Å². The molecule has 1 saturated carbocycles. The zero-order chi connectivity index (χ0) is 13.4. The van der Waals surface area contributed by atoms with E-state index >= 15 is 0 Å². The summed E-state index contributed by atoms with van der Waals surface area (Å²) in [6, 6.07) is 0. The van der Waals surface area contributed by atoms with Gasteiger partial charge in [-0.3, -0.25) is 0 Å². The molecule has 1 heterocycles. The SMILES string of the molecule is C1CCOC1.C[C-]1CCCC1[Si](C)(C)[N-]CCO.[Cr+2]. The summed E-state index contributed by atoms with van der Waals surface area (Å²) in [6.45, 7) is 9.77. The molecule has 0 aromatic carbocycles. The molecule has 0 radical (unpaired) electrons. The molecular formula is C14H29CrNO2Si. The average Bonchev–Trinajstić information content (AvgIpc) is 2.99. The van der Waals surface area contributed by atoms with Crippen LogP contribution in [0.5, 0.6) is 0 Å². The number of ether oxygens (including phenoxy) is 1. The largest absolute Gasteiger partial charge is 2.00 e. The van der Waals surface area contributed by atoms with Crippen LogP contribution in [0.2, 0.25) is 18.6 Å². The van der Waals surface area contributed by atoms with Gasteiger partial charge in [-0.25, -0.2) is 0 Å². The van der Waals surface area contributed by atoms with Crippen molar-refractivity contribution in [1.82, 2.24) is 0 Å². The van der Waals surface area contributed by atoms with Gasteiger partial charge in [0.25, 0.3) is 0 Å². The minimum absolute atomic E-state index is 0. The minimum atomic E-state index is -1.43. The van der Waals surface area contributed by atoms with Gasteiger partial charge in [0.15, 0.2) is 0 Å². The third-order valence-electron chi connectivity index (χ3n) is 3.96. The molecule has 1 saturated heterocycles. The first-order valence-corrected chi connectivity index (χ1v) is 10.3. The molecule has 0 aromatic rings. The van der Waals surface area contributed by atoms with Gasteiger partial charge >= 0.3 is 17.4 Å². The summed E-state index contributed by atoms with van der Waals surface area (Å²) >= 11 is 0. The van der Waals surface area contributed by atoms with Crippen LogP contribution in [0.1, 0.15) is 39.0 Å². The fourth-order valence-corrected chi connectivity index (χ4v) is 6.08. The Kier molecular flexibility index (Phi) is 10.7. The second-order valence-corrected chi connectivity index (χ2v) is 10.2. The topological polar surface area (TPSA) is 43.6 Å². The van der Waals surface area contributed by atoms with E-state index in [0.29, 0.717) is 6.54 Å². The Morgan fingerprint density at radius 3 is 2.26 bits per heavy atom. The van der Waals surface area contributed by atoms with Crippen molar-refractivity contribution in [3.63, 3.8) is 0 Å². The van der Waals surface area contributed by atoms with E-state index in [1.54, 1.807) is 5.92 Å². The third-order valence-corrected chi connectivity index (χ3v) is 7.48. The zero-order valence-corrected chi connectivity index (χ0v) is 14.9. The Labute approximate surface area is 130 Å². The van der Waals surface area contributed by atoms with Crippen molar-refractivity contribution in [3.05, 3.63) is 10.9 Å². The minimum Gasteiger partial charge on any atom is -0.664 e. The molecule has 2 fully saturated rings. The molecule has 0 amide bonds. The van der Waals surface area contributed by atoms with Gasteiger partial charge < -0.3 is 20.7 Å². The average molecular weight is 323 g/mol. The maximum Gasteiger partial charge on any atom is 2.00 e. The Hall–Kier alpha value is 0.629. The summed E-state index contributed by atoms with van der Waals surface area (Å²) in [6.07, 6.45) is 6.54. The number of nitrogens with zero attached hydrogens (tertiary/aromatic N) is 1. The summed E-state index contributed by atoms with van der Waals surface area (Å²) in [5, 5.41) is 8.76. The van der Waals surface area contributed by atoms with E-state index in [4.69, 9.17) is 9.84 Å². The van der Waals surface area contributed by atoms with Gasteiger partial charge in [-0.1, -0.05) is 34.2 Å². The molecule has 3 nitrogen and oxygen atoms in total. The monoisotopic (exact) mass is 323 g/mol. The number of aliphatic hydroxyl groups excluding tert-OH is 1. The van der Waals surface area contributed by atoms with E-state index in [0.717, 1.165) is 18.8 Å². The van der Waals surface area contributed by atoms with Crippen LogP contribution in [0.4, 0.5) is 0 Å². The smallest absolute Gasteiger partial charge is 0.664 e. The van der Waals surface area contributed by atoms with Crippen molar-refractivity contribution in [3.8, 4) is 0 Å². The summed E-state index contributed by atoms with van der Waals surface area (Å²) < 4.78 is 4.94. The van der Waals surface area contributed by atoms with Gasteiger partial charge in [-0.05, 0) is 12.8 Å². The molecule has 1 aliphatic carbocycles. The summed E-state index contributed by atoms with van der Waals surface area (Å²) in [4.78, 5) is 4.68. The molecule has 1 aliphatic heterocycles. The standard InChI is InChI=1S/C10H21NOSi.C4H8O.Cr/c1-9-5-4-6-10(9)13(2,3)11-7-8-12;1-2-4-5-3-1;/h10,12H,4-8H2,1-3H3;1-4H2;/q-2;;+2. The van der Waals surface area contributed by atoms with Crippen LogP contribution in [0.15, 0.2) is 0 Å². The van der Waals surface area contributed by atoms with E-state index in [1.807, 2.05) is 0 Å². The summed E-state index contributed by atoms with van der Waals surface area (Å²) in [5.41, 5.74) is 0.777. The van der Waals surface area contributed by atoms with Gasteiger partial charge in [-0.2, -0.15) is 18.9 Å². The Balaban J connectivity index is 0.000000454. The van der Waals surface area contributed by atoms with Crippen molar-refractivity contribution in [1.29, 1.82) is 0 Å². The molecule has 112 valence electrons. The van der Waals surface area contributed by atoms with Crippen LogP contribution in [0.25, 0.3) is 4.98 Å². The van der Waals surface area contributed by atoms with Crippen molar-refractivity contribution >= 4 is 8.24 Å². The molecule has 1 unspecified atom stereocenters. The molecule has 1 N–H and O–H groups in total. The number of rotatable bonds is 4. The Morgan fingerprint density at radius 2 is 1.89 bits per heavy atom. The molecule has 0 bridgehead atoms. The number of hydrogen-bond acceptors (Lipinski definition) is 2. The fraction of sp³-hybridized carbons (Fsp3) is 0.929. The first kappa shape index (κ1) is 19.6. The predicted molar refractivity (Wildman–Crippen MR) is 79.4 cm³/mol. The maximum absolute atomic E-state index is 8.76. The van der Waals surface area contributed by atoms with Gasteiger partial charge in [-0.15, -0.1) is 6.54 Å². The molecule has 0 spiro atoms. The first-order chi connectivity index (χ1) is 8.58. The molecule has 5 heteroatoms. The van der Waals surface area contributed by atoms with Crippen LogP contribution >= 0.6 is 0 Å². The van der Waals surface area contributed by atoms with Crippen LogP contribution in [-0.2, 0) is 22.1 Å². The maximum atomic E-state index is 8.76. The van der Waals surface area contributed by atoms with E-state index in [-0.39, 0.29) is 24.0 Å². The number of hydrogen-bond donors (Lipinski definition) is 1. The molecule has 0 aromatic heterocycles. The predicted octanol–water partition coefficient (Wildman–Crippen LogP) is 3.50. The molecule has 2 rings (SSSR count).